The number of nitrogen functional groups attached to an aromatic ring is 1. The molecule has 0 aliphatic carbocycles. The quantitative estimate of drug-likeness (QED) is 0.837. The molecule has 3 rings (SSSR count). The first-order chi connectivity index (χ1) is 9.13. The lowest BCUT2D eigenvalue weighted by molar-refractivity contribution is 0.794. The second kappa shape index (κ2) is 4.53. The second-order valence-corrected chi connectivity index (χ2v) is 5.34. The molecule has 0 spiro atoms. The summed E-state index contributed by atoms with van der Waals surface area (Å²) in [5.74, 6) is 1.41. The number of benzene rings is 1. The van der Waals surface area contributed by atoms with Gasteiger partial charge in [-0.05, 0) is 29.2 Å². The Bertz CT molecular complexity index is 607. The number of hydrogen-bond donors (Lipinski definition) is 1. The first-order valence-electron chi connectivity index (χ1n) is 6.57. The Balaban J connectivity index is 1.88. The van der Waals surface area contributed by atoms with Gasteiger partial charge in [0.1, 0.15) is 12.1 Å². The Morgan fingerprint density at radius 1 is 1.11 bits per heavy atom. The van der Waals surface area contributed by atoms with Crippen molar-refractivity contribution in [2.45, 2.75) is 32.9 Å². The van der Waals surface area contributed by atoms with E-state index >= 15 is 0 Å². The Kier molecular flexibility index (Phi) is 2.85. The minimum absolute atomic E-state index is 0.419. The Morgan fingerprint density at radius 3 is 2.68 bits per heavy atom. The van der Waals surface area contributed by atoms with Crippen LogP contribution in [0.3, 0.4) is 0 Å². The highest BCUT2D eigenvalue weighted by molar-refractivity contribution is 5.52. The SMILES string of the molecule is CC(C)c1cc(N2Cc3ccc(N)cc3C2)ncn1. The lowest BCUT2D eigenvalue weighted by Gasteiger charge is -2.17. The van der Waals surface area contributed by atoms with Crippen molar-refractivity contribution >= 4 is 11.5 Å². The zero-order chi connectivity index (χ0) is 13.4. The van der Waals surface area contributed by atoms with Crippen LogP contribution in [0.15, 0.2) is 30.6 Å². The number of fused-ring (bicyclic) bond motifs is 1. The predicted molar refractivity (Wildman–Crippen MR) is 76.9 cm³/mol. The lowest BCUT2D eigenvalue weighted by Crippen LogP contribution is -2.16. The molecule has 2 aromatic rings. The van der Waals surface area contributed by atoms with E-state index in [1.165, 1.54) is 11.1 Å². The van der Waals surface area contributed by atoms with E-state index in [0.29, 0.717) is 5.92 Å². The Hall–Kier alpha value is -2.10. The summed E-state index contributed by atoms with van der Waals surface area (Å²) in [5, 5.41) is 0. The molecule has 19 heavy (non-hydrogen) atoms. The van der Waals surface area contributed by atoms with Crippen LogP contribution in [-0.4, -0.2) is 9.97 Å². The van der Waals surface area contributed by atoms with E-state index < -0.39 is 0 Å². The van der Waals surface area contributed by atoms with Crippen molar-refractivity contribution in [2.24, 2.45) is 0 Å². The fourth-order valence-corrected chi connectivity index (χ4v) is 2.43. The fourth-order valence-electron chi connectivity index (χ4n) is 2.43. The van der Waals surface area contributed by atoms with Gasteiger partial charge in [-0.2, -0.15) is 0 Å². The minimum atomic E-state index is 0.419. The van der Waals surface area contributed by atoms with Gasteiger partial charge >= 0.3 is 0 Å². The maximum atomic E-state index is 5.83. The molecule has 0 bridgehead atoms. The number of nitrogens with zero attached hydrogens (tertiary/aromatic N) is 3. The Morgan fingerprint density at radius 2 is 1.89 bits per heavy atom. The third-order valence-corrected chi connectivity index (χ3v) is 3.54. The summed E-state index contributed by atoms with van der Waals surface area (Å²) in [4.78, 5) is 11.0. The van der Waals surface area contributed by atoms with Gasteiger partial charge in [0.15, 0.2) is 0 Å². The summed E-state index contributed by atoms with van der Waals surface area (Å²) in [6.45, 7) is 6.05. The van der Waals surface area contributed by atoms with Crippen LogP contribution in [0, 0.1) is 0 Å². The topological polar surface area (TPSA) is 55.0 Å². The molecule has 4 nitrogen and oxygen atoms in total. The van der Waals surface area contributed by atoms with Crippen LogP contribution in [0.5, 0.6) is 0 Å². The monoisotopic (exact) mass is 254 g/mol. The van der Waals surface area contributed by atoms with Crippen molar-refractivity contribution in [3.63, 3.8) is 0 Å². The largest absolute Gasteiger partial charge is 0.399 e. The maximum absolute atomic E-state index is 5.83. The van der Waals surface area contributed by atoms with E-state index in [1.54, 1.807) is 6.33 Å². The summed E-state index contributed by atoms with van der Waals surface area (Å²) in [6, 6.07) is 8.21. The van der Waals surface area contributed by atoms with Crippen LogP contribution in [0.1, 0.15) is 36.6 Å². The van der Waals surface area contributed by atoms with Gasteiger partial charge in [0.25, 0.3) is 0 Å². The highest BCUT2D eigenvalue weighted by Gasteiger charge is 2.20. The molecular weight excluding hydrogens is 236 g/mol. The molecule has 4 heteroatoms. The van der Waals surface area contributed by atoms with E-state index in [4.69, 9.17) is 5.73 Å². The third kappa shape index (κ3) is 2.26. The van der Waals surface area contributed by atoms with E-state index in [-0.39, 0.29) is 0 Å². The number of hydrogen-bond acceptors (Lipinski definition) is 4. The van der Waals surface area contributed by atoms with Gasteiger partial charge in [0, 0.05) is 30.5 Å². The van der Waals surface area contributed by atoms with Gasteiger partial charge in [-0.3, -0.25) is 0 Å². The summed E-state index contributed by atoms with van der Waals surface area (Å²) in [7, 11) is 0. The van der Waals surface area contributed by atoms with Crippen molar-refractivity contribution in [1.82, 2.24) is 9.97 Å². The molecule has 1 aliphatic rings. The van der Waals surface area contributed by atoms with E-state index in [9.17, 15) is 0 Å². The number of anilines is 2. The smallest absolute Gasteiger partial charge is 0.132 e. The van der Waals surface area contributed by atoms with E-state index in [0.717, 1.165) is 30.3 Å². The van der Waals surface area contributed by atoms with Crippen molar-refractivity contribution < 1.29 is 0 Å². The molecule has 0 unspecified atom stereocenters. The van der Waals surface area contributed by atoms with Crippen LogP contribution in [0.25, 0.3) is 0 Å². The highest BCUT2D eigenvalue weighted by atomic mass is 15.2. The van der Waals surface area contributed by atoms with Crippen LogP contribution in [0.2, 0.25) is 0 Å². The van der Waals surface area contributed by atoms with Gasteiger partial charge in [-0.15, -0.1) is 0 Å². The molecule has 2 heterocycles. The molecule has 1 aromatic carbocycles. The lowest BCUT2D eigenvalue weighted by atomic mass is 10.1. The van der Waals surface area contributed by atoms with Gasteiger partial charge in [0.05, 0.1) is 0 Å². The first-order valence-corrected chi connectivity index (χ1v) is 6.57. The average molecular weight is 254 g/mol. The van der Waals surface area contributed by atoms with Gasteiger partial charge in [-0.25, -0.2) is 9.97 Å². The summed E-state index contributed by atoms with van der Waals surface area (Å²) in [5.41, 5.74) is 10.4. The summed E-state index contributed by atoms with van der Waals surface area (Å²) >= 11 is 0. The summed E-state index contributed by atoms with van der Waals surface area (Å²) < 4.78 is 0. The normalized spacial score (nSPS) is 13.9. The van der Waals surface area contributed by atoms with E-state index in [1.807, 2.05) is 6.07 Å². The molecule has 1 aliphatic heterocycles. The molecule has 0 radical (unpaired) electrons. The number of rotatable bonds is 2. The Labute approximate surface area is 113 Å². The van der Waals surface area contributed by atoms with Crippen LogP contribution in [0.4, 0.5) is 11.5 Å². The van der Waals surface area contributed by atoms with Crippen molar-refractivity contribution in [1.29, 1.82) is 0 Å². The zero-order valence-electron chi connectivity index (χ0n) is 11.3. The first kappa shape index (κ1) is 12.0. The molecular formula is C15H18N4. The number of nitrogens with two attached hydrogens (primary N) is 1. The fraction of sp³-hybridized carbons (Fsp3) is 0.333. The van der Waals surface area contributed by atoms with Crippen LogP contribution < -0.4 is 10.6 Å². The van der Waals surface area contributed by atoms with Gasteiger partial charge in [0.2, 0.25) is 0 Å². The minimum Gasteiger partial charge on any atom is -0.399 e. The van der Waals surface area contributed by atoms with Crippen LogP contribution >= 0.6 is 0 Å². The highest BCUT2D eigenvalue weighted by Crippen LogP contribution is 2.29. The average Bonchev–Trinajstić information content (AvgIpc) is 2.81. The zero-order valence-corrected chi connectivity index (χ0v) is 11.3. The summed E-state index contributed by atoms with van der Waals surface area (Å²) in [6.07, 6.45) is 1.65. The van der Waals surface area contributed by atoms with Gasteiger partial charge in [-0.1, -0.05) is 19.9 Å². The molecule has 0 saturated carbocycles. The molecule has 0 amide bonds. The van der Waals surface area contributed by atoms with Gasteiger partial charge < -0.3 is 10.6 Å². The van der Waals surface area contributed by atoms with Crippen molar-refractivity contribution in [2.75, 3.05) is 10.6 Å². The van der Waals surface area contributed by atoms with E-state index in [2.05, 4.69) is 46.9 Å². The standard InChI is InChI=1S/C15H18N4/c1-10(2)14-6-15(18-9-17-14)19-7-11-3-4-13(16)5-12(11)8-19/h3-6,9-10H,7-8,16H2,1-2H3. The van der Waals surface area contributed by atoms with Crippen molar-refractivity contribution in [3.05, 3.63) is 47.4 Å². The predicted octanol–water partition coefficient (Wildman–Crippen LogP) is 2.70. The molecule has 1 aromatic heterocycles. The molecule has 0 fully saturated rings. The maximum Gasteiger partial charge on any atom is 0.132 e. The molecule has 2 N–H and O–H groups in total. The van der Waals surface area contributed by atoms with Crippen LogP contribution in [-0.2, 0) is 13.1 Å². The molecule has 98 valence electrons. The third-order valence-electron chi connectivity index (χ3n) is 3.54. The number of aromatic nitrogens is 2. The molecule has 0 atom stereocenters. The molecule has 0 saturated heterocycles. The second-order valence-electron chi connectivity index (χ2n) is 5.34. The van der Waals surface area contributed by atoms with Crippen molar-refractivity contribution in [3.8, 4) is 0 Å².